The van der Waals surface area contributed by atoms with Crippen molar-refractivity contribution in [2.24, 2.45) is 0 Å². The molecule has 0 aromatic heterocycles. The highest BCUT2D eigenvalue weighted by Gasteiger charge is 2.30. The summed E-state index contributed by atoms with van der Waals surface area (Å²) in [7, 11) is 0. The normalized spacial score (nSPS) is 14.2. The van der Waals surface area contributed by atoms with Gasteiger partial charge in [-0.1, -0.05) is 24.1 Å². The SMILES string of the molecule is C#CCNC(=O)CN(Cc1ccccc1F)C1CC1. The fourth-order valence-electron chi connectivity index (χ4n) is 1.99. The van der Waals surface area contributed by atoms with Crippen molar-refractivity contribution >= 4 is 5.91 Å². The number of benzene rings is 1. The number of amides is 1. The first kappa shape index (κ1) is 13.6. The quantitative estimate of drug-likeness (QED) is 0.787. The summed E-state index contributed by atoms with van der Waals surface area (Å²) in [6.07, 6.45) is 7.23. The number of rotatable bonds is 6. The van der Waals surface area contributed by atoms with Crippen LogP contribution in [0.3, 0.4) is 0 Å². The van der Waals surface area contributed by atoms with Gasteiger partial charge in [-0.15, -0.1) is 6.42 Å². The third kappa shape index (κ3) is 4.08. The van der Waals surface area contributed by atoms with E-state index >= 15 is 0 Å². The second kappa shape index (κ2) is 6.35. The molecule has 0 bridgehead atoms. The molecular formula is C15H17FN2O. The standard InChI is InChI=1S/C15H17FN2O/c1-2-9-17-15(19)11-18(13-7-8-13)10-12-5-3-4-6-14(12)16/h1,3-6,13H,7-11H2,(H,17,19). The highest BCUT2D eigenvalue weighted by atomic mass is 19.1. The summed E-state index contributed by atoms with van der Waals surface area (Å²) in [5.41, 5.74) is 0.624. The van der Waals surface area contributed by atoms with Gasteiger partial charge in [0.05, 0.1) is 13.1 Å². The molecule has 0 saturated heterocycles. The van der Waals surface area contributed by atoms with Crippen LogP contribution in [0.1, 0.15) is 18.4 Å². The monoisotopic (exact) mass is 260 g/mol. The molecule has 1 amide bonds. The van der Waals surface area contributed by atoms with Crippen molar-refractivity contribution in [1.29, 1.82) is 0 Å². The van der Waals surface area contributed by atoms with Crippen molar-refractivity contribution in [2.45, 2.75) is 25.4 Å². The molecule has 1 fully saturated rings. The lowest BCUT2D eigenvalue weighted by molar-refractivity contribution is -0.122. The van der Waals surface area contributed by atoms with Gasteiger partial charge in [-0.25, -0.2) is 4.39 Å². The molecule has 4 heteroatoms. The Bertz CT molecular complexity index is 491. The second-order valence-corrected chi connectivity index (χ2v) is 4.71. The average molecular weight is 260 g/mol. The van der Waals surface area contributed by atoms with Crippen molar-refractivity contribution in [2.75, 3.05) is 13.1 Å². The highest BCUT2D eigenvalue weighted by Crippen LogP contribution is 2.28. The number of hydrogen-bond donors (Lipinski definition) is 1. The van der Waals surface area contributed by atoms with Crippen molar-refractivity contribution in [1.82, 2.24) is 10.2 Å². The molecule has 0 atom stereocenters. The van der Waals surface area contributed by atoms with Crippen LogP contribution < -0.4 is 5.32 Å². The smallest absolute Gasteiger partial charge is 0.234 e. The molecule has 100 valence electrons. The Morgan fingerprint density at radius 3 is 2.84 bits per heavy atom. The van der Waals surface area contributed by atoms with Gasteiger partial charge in [0.15, 0.2) is 0 Å². The summed E-state index contributed by atoms with van der Waals surface area (Å²) in [5.74, 6) is 2.03. The van der Waals surface area contributed by atoms with E-state index in [-0.39, 0.29) is 24.8 Å². The van der Waals surface area contributed by atoms with E-state index in [1.165, 1.54) is 6.07 Å². The number of hydrogen-bond acceptors (Lipinski definition) is 2. The summed E-state index contributed by atoms with van der Waals surface area (Å²) < 4.78 is 13.6. The zero-order valence-electron chi connectivity index (χ0n) is 10.7. The Morgan fingerprint density at radius 1 is 1.47 bits per heavy atom. The summed E-state index contributed by atoms with van der Waals surface area (Å²) >= 11 is 0. The van der Waals surface area contributed by atoms with Crippen LogP contribution in [0.5, 0.6) is 0 Å². The van der Waals surface area contributed by atoms with Crippen LogP contribution in [-0.4, -0.2) is 29.9 Å². The van der Waals surface area contributed by atoms with Crippen molar-refractivity contribution in [3.63, 3.8) is 0 Å². The zero-order valence-corrected chi connectivity index (χ0v) is 10.7. The Hall–Kier alpha value is -1.86. The predicted octanol–water partition coefficient (Wildman–Crippen LogP) is 1.54. The molecule has 0 heterocycles. The van der Waals surface area contributed by atoms with Crippen molar-refractivity contribution in [3.8, 4) is 12.3 Å². The molecule has 1 aromatic carbocycles. The predicted molar refractivity (Wildman–Crippen MR) is 71.7 cm³/mol. The molecule has 19 heavy (non-hydrogen) atoms. The van der Waals surface area contributed by atoms with Crippen molar-refractivity contribution in [3.05, 3.63) is 35.6 Å². The maximum atomic E-state index is 13.6. The van der Waals surface area contributed by atoms with E-state index in [2.05, 4.69) is 11.2 Å². The van der Waals surface area contributed by atoms with Gasteiger partial charge in [-0.3, -0.25) is 9.69 Å². The van der Waals surface area contributed by atoms with Crippen molar-refractivity contribution < 1.29 is 9.18 Å². The minimum absolute atomic E-state index is 0.110. The first-order valence-corrected chi connectivity index (χ1v) is 6.38. The van der Waals surface area contributed by atoms with Gasteiger partial charge in [-0.2, -0.15) is 0 Å². The van der Waals surface area contributed by atoms with Crippen LogP contribution in [-0.2, 0) is 11.3 Å². The molecule has 1 N–H and O–H groups in total. The average Bonchev–Trinajstić information content (AvgIpc) is 3.22. The number of terminal acetylenes is 1. The summed E-state index contributed by atoms with van der Waals surface area (Å²) in [5, 5.41) is 2.64. The summed E-state index contributed by atoms with van der Waals surface area (Å²) in [4.78, 5) is 13.7. The number of carbonyl (C=O) groups excluding carboxylic acids is 1. The van der Waals surface area contributed by atoms with Gasteiger partial charge in [-0.05, 0) is 18.9 Å². The highest BCUT2D eigenvalue weighted by molar-refractivity contribution is 5.78. The lowest BCUT2D eigenvalue weighted by Gasteiger charge is -2.21. The molecule has 2 rings (SSSR count). The van der Waals surface area contributed by atoms with Crippen LogP contribution in [0.15, 0.2) is 24.3 Å². The Morgan fingerprint density at radius 2 is 2.21 bits per heavy atom. The largest absolute Gasteiger partial charge is 0.344 e. The maximum absolute atomic E-state index is 13.6. The lowest BCUT2D eigenvalue weighted by atomic mass is 10.2. The molecule has 0 aliphatic heterocycles. The van der Waals surface area contributed by atoms with Gasteiger partial charge in [0.25, 0.3) is 0 Å². The molecule has 1 saturated carbocycles. The molecule has 1 aliphatic carbocycles. The second-order valence-electron chi connectivity index (χ2n) is 4.71. The van der Waals surface area contributed by atoms with Gasteiger partial charge in [0, 0.05) is 18.2 Å². The van der Waals surface area contributed by atoms with Gasteiger partial charge in [0.1, 0.15) is 5.82 Å². The van der Waals surface area contributed by atoms with Gasteiger partial charge in [0.2, 0.25) is 5.91 Å². The lowest BCUT2D eigenvalue weighted by Crippen LogP contribution is -2.38. The third-order valence-electron chi connectivity index (χ3n) is 3.13. The first-order valence-electron chi connectivity index (χ1n) is 6.38. The molecule has 0 radical (unpaired) electrons. The Balaban J connectivity index is 1.95. The van der Waals surface area contributed by atoms with Crippen LogP contribution in [0, 0.1) is 18.2 Å². The van der Waals surface area contributed by atoms with Gasteiger partial charge >= 0.3 is 0 Å². The van der Waals surface area contributed by atoms with Gasteiger partial charge < -0.3 is 5.32 Å². The molecule has 0 unspecified atom stereocenters. The molecular weight excluding hydrogens is 243 g/mol. The summed E-state index contributed by atoms with van der Waals surface area (Å²) in [6, 6.07) is 7.06. The Kier molecular flexibility index (Phi) is 4.53. The zero-order chi connectivity index (χ0) is 13.7. The van der Waals surface area contributed by atoms with Crippen LogP contribution in [0.4, 0.5) is 4.39 Å². The third-order valence-corrected chi connectivity index (χ3v) is 3.13. The minimum Gasteiger partial charge on any atom is -0.344 e. The topological polar surface area (TPSA) is 32.3 Å². The minimum atomic E-state index is -0.225. The van der Waals surface area contributed by atoms with Crippen LogP contribution >= 0.6 is 0 Å². The fraction of sp³-hybridized carbons (Fsp3) is 0.400. The molecule has 1 aromatic rings. The van der Waals surface area contributed by atoms with E-state index in [1.54, 1.807) is 12.1 Å². The number of carbonyl (C=O) groups is 1. The maximum Gasteiger partial charge on any atom is 0.234 e. The number of halogens is 1. The van der Waals surface area contributed by atoms with E-state index in [0.717, 1.165) is 12.8 Å². The molecule has 0 spiro atoms. The fourth-order valence-corrected chi connectivity index (χ4v) is 1.99. The summed E-state index contributed by atoms with van der Waals surface area (Å²) in [6.45, 7) is 0.957. The van der Waals surface area contributed by atoms with E-state index in [9.17, 15) is 9.18 Å². The van der Waals surface area contributed by atoms with Crippen LogP contribution in [0.2, 0.25) is 0 Å². The van der Waals surface area contributed by atoms with Crippen LogP contribution in [0.25, 0.3) is 0 Å². The first-order chi connectivity index (χ1) is 9.20. The van der Waals surface area contributed by atoms with E-state index in [0.29, 0.717) is 18.2 Å². The number of nitrogens with zero attached hydrogens (tertiary/aromatic N) is 1. The molecule has 3 nitrogen and oxygen atoms in total. The Labute approximate surface area is 112 Å². The number of nitrogens with one attached hydrogen (secondary N) is 1. The van der Waals surface area contributed by atoms with E-state index < -0.39 is 0 Å². The molecule has 1 aliphatic rings. The van der Waals surface area contributed by atoms with E-state index in [1.807, 2.05) is 11.0 Å². The van der Waals surface area contributed by atoms with E-state index in [4.69, 9.17) is 6.42 Å².